The standard InChI is InChI=1S/C19H23N3O4S/c1-3-10-20-17(24)11(2)26-15(23)9-8-14-21-18(25)16-12-6-4-5-7-13(12)27-19(16)22-14/h3,11H,1,4-10H2,2H3,(H,20,24)(H,21,22,25)/t11-/m1/s1. The molecule has 144 valence electrons. The second-order valence-corrected chi connectivity index (χ2v) is 7.65. The molecule has 0 aromatic carbocycles. The van der Waals surface area contributed by atoms with Gasteiger partial charge < -0.3 is 15.0 Å². The largest absolute Gasteiger partial charge is 0.453 e. The molecule has 27 heavy (non-hydrogen) atoms. The van der Waals surface area contributed by atoms with Crippen LogP contribution in [-0.4, -0.2) is 34.5 Å². The van der Waals surface area contributed by atoms with Crippen molar-refractivity contribution in [1.29, 1.82) is 0 Å². The highest BCUT2D eigenvalue weighted by atomic mass is 32.1. The molecule has 0 spiro atoms. The smallest absolute Gasteiger partial charge is 0.307 e. The Bertz CT molecular complexity index is 931. The predicted molar refractivity (Wildman–Crippen MR) is 104 cm³/mol. The zero-order valence-corrected chi connectivity index (χ0v) is 16.1. The summed E-state index contributed by atoms with van der Waals surface area (Å²) in [4.78, 5) is 45.5. The number of amides is 1. The van der Waals surface area contributed by atoms with Gasteiger partial charge in [0.2, 0.25) is 0 Å². The van der Waals surface area contributed by atoms with Crippen LogP contribution in [0.4, 0.5) is 0 Å². The first kappa shape index (κ1) is 19.3. The fraction of sp³-hybridized carbons (Fsp3) is 0.474. The Hall–Kier alpha value is -2.48. The number of hydrogen-bond acceptors (Lipinski definition) is 6. The quantitative estimate of drug-likeness (QED) is 0.557. The Balaban J connectivity index is 1.63. The molecule has 0 saturated heterocycles. The number of aryl methyl sites for hydroxylation is 3. The number of aromatic amines is 1. The minimum absolute atomic E-state index is 0.0403. The molecule has 0 bridgehead atoms. The molecule has 0 aliphatic heterocycles. The zero-order valence-electron chi connectivity index (χ0n) is 15.3. The molecule has 0 fully saturated rings. The summed E-state index contributed by atoms with van der Waals surface area (Å²) in [5.74, 6) is -0.420. The number of carbonyl (C=O) groups excluding carboxylic acids is 2. The lowest BCUT2D eigenvalue weighted by atomic mass is 9.97. The molecule has 1 aliphatic rings. The minimum Gasteiger partial charge on any atom is -0.453 e. The molecule has 2 N–H and O–H groups in total. The highest BCUT2D eigenvalue weighted by Crippen LogP contribution is 2.33. The van der Waals surface area contributed by atoms with Crippen molar-refractivity contribution in [3.63, 3.8) is 0 Å². The van der Waals surface area contributed by atoms with Crippen molar-refractivity contribution >= 4 is 33.4 Å². The van der Waals surface area contributed by atoms with Crippen molar-refractivity contribution in [3.05, 3.63) is 39.3 Å². The van der Waals surface area contributed by atoms with Gasteiger partial charge in [0.25, 0.3) is 11.5 Å². The van der Waals surface area contributed by atoms with E-state index in [0.29, 0.717) is 17.8 Å². The van der Waals surface area contributed by atoms with Crippen LogP contribution in [0.25, 0.3) is 10.2 Å². The molecular weight excluding hydrogens is 366 g/mol. The Morgan fingerprint density at radius 3 is 2.96 bits per heavy atom. The van der Waals surface area contributed by atoms with Crippen molar-refractivity contribution < 1.29 is 14.3 Å². The maximum absolute atomic E-state index is 12.5. The highest BCUT2D eigenvalue weighted by Gasteiger charge is 2.21. The number of ether oxygens (including phenoxy) is 1. The third-order valence-electron chi connectivity index (χ3n) is 4.54. The van der Waals surface area contributed by atoms with Gasteiger partial charge in [-0.1, -0.05) is 6.08 Å². The number of thiophene rings is 1. The Kier molecular flexibility index (Phi) is 6.05. The Labute approximate surface area is 160 Å². The molecule has 0 saturated carbocycles. The fourth-order valence-corrected chi connectivity index (χ4v) is 4.45. The first-order valence-corrected chi connectivity index (χ1v) is 9.92. The van der Waals surface area contributed by atoms with Crippen molar-refractivity contribution in [2.24, 2.45) is 0 Å². The van der Waals surface area contributed by atoms with Gasteiger partial charge in [-0.15, -0.1) is 17.9 Å². The van der Waals surface area contributed by atoms with Gasteiger partial charge in [-0.25, -0.2) is 4.98 Å². The lowest BCUT2D eigenvalue weighted by Gasteiger charge is -2.12. The first-order valence-electron chi connectivity index (χ1n) is 9.11. The monoisotopic (exact) mass is 389 g/mol. The van der Waals surface area contributed by atoms with Gasteiger partial charge in [0.1, 0.15) is 10.7 Å². The molecule has 1 atom stereocenters. The van der Waals surface area contributed by atoms with E-state index in [1.165, 1.54) is 11.8 Å². The van der Waals surface area contributed by atoms with Crippen LogP contribution in [0, 0.1) is 0 Å². The Morgan fingerprint density at radius 1 is 1.41 bits per heavy atom. The average Bonchev–Trinajstić information content (AvgIpc) is 3.03. The van der Waals surface area contributed by atoms with E-state index in [-0.39, 0.29) is 24.3 Å². The van der Waals surface area contributed by atoms with E-state index >= 15 is 0 Å². The number of fused-ring (bicyclic) bond motifs is 3. The van der Waals surface area contributed by atoms with E-state index in [0.717, 1.165) is 36.1 Å². The number of nitrogens with zero attached hydrogens (tertiary/aromatic N) is 1. The van der Waals surface area contributed by atoms with Crippen LogP contribution in [0.1, 0.15) is 42.5 Å². The lowest BCUT2D eigenvalue weighted by molar-refractivity contribution is -0.154. The summed E-state index contributed by atoms with van der Waals surface area (Å²) in [6.45, 7) is 5.34. The maximum Gasteiger partial charge on any atom is 0.307 e. The van der Waals surface area contributed by atoms with E-state index in [1.807, 2.05) is 0 Å². The summed E-state index contributed by atoms with van der Waals surface area (Å²) >= 11 is 1.58. The van der Waals surface area contributed by atoms with Crippen molar-refractivity contribution in [2.45, 2.75) is 51.6 Å². The van der Waals surface area contributed by atoms with Crippen molar-refractivity contribution in [3.8, 4) is 0 Å². The third-order valence-corrected chi connectivity index (χ3v) is 5.72. The second kappa shape index (κ2) is 8.47. The molecule has 1 aliphatic carbocycles. The maximum atomic E-state index is 12.5. The zero-order chi connectivity index (χ0) is 19.4. The number of hydrogen-bond donors (Lipinski definition) is 2. The average molecular weight is 389 g/mol. The van der Waals surface area contributed by atoms with E-state index < -0.39 is 12.1 Å². The number of rotatable bonds is 7. The number of aromatic nitrogens is 2. The SMILES string of the molecule is C=CCNC(=O)[C@@H](C)OC(=O)CCc1nc2sc3c(c2c(=O)[nH]1)CCCC3. The van der Waals surface area contributed by atoms with Crippen LogP contribution in [-0.2, 0) is 33.6 Å². The fourth-order valence-electron chi connectivity index (χ4n) is 3.17. The lowest BCUT2D eigenvalue weighted by Crippen LogP contribution is -2.35. The van der Waals surface area contributed by atoms with Gasteiger partial charge in [-0.3, -0.25) is 14.4 Å². The molecule has 2 aromatic rings. The van der Waals surface area contributed by atoms with Gasteiger partial charge in [-0.05, 0) is 38.2 Å². The van der Waals surface area contributed by atoms with Crippen LogP contribution < -0.4 is 10.9 Å². The van der Waals surface area contributed by atoms with Gasteiger partial charge >= 0.3 is 5.97 Å². The molecular formula is C19H23N3O4S. The number of H-pyrrole nitrogens is 1. The topological polar surface area (TPSA) is 101 Å². The van der Waals surface area contributed by atoms with E-state index in [1.54, 1.807) is 17.4 Å². The molecule has 2 heterocycles. The molecule has 3 rings (SSSR count). The van der Waals surface area contributed by atoms with E-state index in [2.05, 4.69) is 21.9 Å². The Morgan fingerprint density at radius 2 is 2.19 bits per heavy atom. The molecule has 1 amide bonds. The van der Waals surface area contributed by atoms with Gasteiger partial charge in [-0.2, -0.15) is 0 Å². The van der Waals surface area contributed by atoms with Crippen molar-refractivity contribution in [1.82, 2.24) is 15.3 Å². The molecule has 0 radical (unpaired) electrons. The van der Waals surface area contributed by atoms with Crippen LogP contribution in [0.3, 0.4) is 0 Å². The highest BCUT2D eigenvalue weighted by molar-refractivity contribution is 7.18. The summed E-state index contributed by atoms with van der Waals surface area (Å²) in [6, 6.07) is 0. The third kappa shape index (κ3) is 4.44. The molecule has 7 nitrogen and oxygen atoms in total. The molecule has 0 unspecified atom stereocenters. The summed E-state index contributed by atoms with van der Waals surface area (Å²) in [5, 5.41) is 3.27. The predicted octanol–water partition coefficient (Wildman–Crippen LogP) is 2.03. The number of esters is 1. The minimum atomic E-state index is -0.879. The van der Waals surface area contributed by atoms with Crippen LogP contribution in [0.15, 0.2) is 17.4 Å². The summed E-state index contributed by atoms with van der Waals surface area (Å²) in [5.41, 5.74) is 1.00. The number of nitrogens with one attached hydrogen (secondary N) is 2. The summed E-state index contributed by atoms with van der Waals surface area (Å²) in [7, 11) is 0. The van der Waals surface area contributed by atoms with Crippen molar-refractivity contribution in [2.75, 3.05) is 6.54 Å². The van der Waals surface area contributed by atoms with E-state index in [4.69, 9.17) is 4.74 Å². The van der Waals surface area contributed by atoms with Gasteiger partial charge in [0.05, 0.1) is 11.8 Å². The van der Waals surface area contributed by atoms with E-state index in [9.17, 15) is 14.4 Å². The molecule has 8 heteroatoms. The van der Waals surface area contributed by atoms with Gasteiger partial charge in [0, 0.05) is 17.8 Å². The molecule has 2 aromatic heterocycles. The first-order chi connectivity index (χ1) is 13.0. The summed E-state index contributed by atoms with van der Waals surface area (Å²) < 4.78 is 5.11. The van der Waals surface area contributed by atoms with Crippen LogP contribution in [0.2, 0.25) is 0 Å². The normalized spacial score (nSPS) is 14.4. The van der Waals surface area contributed by atoms with Crippen LogP contribution >= 0.6 is 11.3 Å². The number of carbonyl (C=O) groups is 2. The van der Waals surface area contributed by atoms with Crippen LogP contribution in [0.5, 0.6) is 0 Å². The second-order valence-electron chi connectivity index (χ2n) is 6.57. The van der Waals surface area contributed by atoms with Gasteiger partial charge in [0.15, 0.2) is 6.10 Å². The summed E-state index contributed by atoms with van der Waals surface area (Å²) in [6.07, 6.45) is 5.15.